The van der Waals surface area contributed by atoms with Gasteiger partial charge in [-0.2, -0.15) is 0 Å². The van der Waals surface area contributed by atoms with E-state index < -0.39 is 0 Å². The third kappa shape index (κ3) is 3.04. The van der Waals surface area contributed by atoms with E-state index in [1.807, 2.05) is 6.07 Å². The molecule has 128 valence electrons. The minimum Gasteiger partial charge on any atom is -0.497 e. The molecule has 4 rings (SSSR count). The maximum Gasteiger partial charge on any atom is 0.261 e. The van der Waals surface area contributed by atoms with E-state index in [1.165, 1.54) is 0 Å². The van der Waals surface area contributed by atoms with E-state index in [2.05, 4.69) is 25.9 Å². The fourth-order valence-electron chi connectivity index (χ4n) is 3.11. The summed E-state index contributed by atoms with van der Waals surface area (Å²) in [7, 11) is 1.62. The topological polar surface area (TPSA) is 57.0 Å². The molecule has 1 aliphatic rings. The van der Waals surface area contributed by atoms with Crippen molar-refractivity contribution in [2.24, 2.45) is 5.92 Å². The second kappa shape index (κ2) is 6.42. The van der Waals surface area contributed by atoms with Gasteiger partial charge in [0.1, 0.15) is 5.75 Å². The van der Waals surface area contributed by atoms with Gasteiger partial charge in [-0.05, 0) is 52.9 Å². The van der Waals surface area contributed by atoms with Crippen molar-refractivity contribution in [3.8, 4) is 5.75 Å². The molecule has 0 unspecified atom stereocenters. The molecule has 1 aliphatic carbocycles. The summed E-state index contributed by atoms with van der Waals surface area (Å²) < 4.78 is 7.69. The highest BCUT2D eigenvalue weighted by Gasteiger charge is 2.35. The van der Waals surface area contributed by atoms with E-state index in [1.54, 1.807) is 42.4 Å². The van der Waals surface area contributed by atoms with E-state index >= 15 is 0 Å². The highest BCUT2D eigenvalue weighted by molar-refractivity contribution is 9.10. The molecule has 3 aromatic rings. The standard InChI is InChI=1S/C18H15BrClN3O2/c1-25-12-4-5-21-15(8-12)17(10-2-3-10)23-9-22-16-13(18(23)24)6-11(20)7-14(16)19/h4-10,17H,2-3H2,1H3/t17-/m0/s1. The Bertz CT molecular complexity index is 1020. The average molecular weight is 421 g/mol. The fraction of sp³-hybridized carbons (Fsp3) is 0.278. The number of methoxy groups -OCH3 is 1. The number of nitrogens with zero attached hydrogens (tertiary/aromatic N) is 3. The van der Waals surface area contributed by atoms with Gasteiger partial charge in [0, 0.05) is 21.8 Å². The van der Waals surface area contributed by atoms with Gasteiger partial charge in [0.05, 0.1) is 36.1 Å². The van der Waals surface area contributed by atoms with Crippen LogP contribution in [0.4, 0.5) is 0 Å². The molecule has 7 heteroatoms. The Morgan fingerprint density at radius 1 is 1.32 bits per heavy atom. The van der Waals surface area contributed by atoms with Crippen LogP contribution in [0.2, 0.25) is 5.02 Å². The van der Waals surface area contributed by atoms with Crippen LogP contribution in [0.15, 0.2) is 46.1 Å². The zero-order valence-electron chi connectivity index (χ0n) is 13.4. The normalized spacial score (nSPS) is 15.3. The molecule has 1 fully saturated rings. The first-order chi connectivity index (χ1) is 12.1. The van der Waals surface area contributed by atoms with Crippen molar-refractivity contribution < 1.29 is 4.74 Å². The fourth-order valence-corrected chi connectivity index (χ4v) is 4.02. The molecule has 1 saturated carbocycles. The van der Waals surface area contributed by atoms with Crippen molar-refractivity contribution in [3.63, 3.8) is 0 Å². The first-order valence-electron chi connectivity index (χ1n) is 7.94. The van der Waals surface area contributed by atoms with E-state index in [9.17, 15) is 4.79 Å². The summed E-state index contributed by atoms with van der Waals surface area (Å²) in [6.07, 6.45) is 5.44. The third-order valence-corrected chi connectivity index (χ3v) is 5.29. The Kier molecular flexibility index (Phi) is 4.25. The van der Waals surface area contributed by atoms with Gasteiger partial charge in [-0.15, -0.1) is 0 Å². The number of rotatable bonds is 4. The number of hydrogen-bond acceptors (Lipinski definition) is 4. The van der Waals surface area contributed by atoms with Gasteiger partial charge in [-0.3, -0.25) is 14.3 Å². The number of hydrogen-bond donors (Lipinski definition) is 0. The Morgan fingerprint density at radius 3 is 2.84 bits per heavy atom. The van der Waals surface area contributed by atoms with E-state index in [-0.39, 0.29) is 11.6 Å². The number of aromatic nitrogens is 3. The number of pyridine rings is 1. The lowest BCUT2D eigenvalue weighted by Gasteiger charge is -2.19. The van der Waals surface area contributed by atoms with Crippen molar-refractivity contribution >= 4 is 38.4 Å². The lowest BCUT2D eigenvalue weighted by Crippen LogP contribution is -2.28. The maximum atomic E-state index is 13.1. The molecule has 0 N–H and O–H groups in total. The average Bonchev–Trinajstić information content (AvgIpc) is 3.43. The van der Waals surface area contributed by atoms with Crippen molar-refractivity contribution in [2.75, 3.05) is 7.11 Å². The van der Waals surface area contributed by atoms with Gasteiger partial charge in [-0.25, -0.2) is 4.98 Å². The van der Waals surface area contributed by atoms with Gasteiger partial charge in [0.2, 0.25) is 0 Å². The van der Waals surface area contributed by atoms with Crippen molar-refractivity contribution in [2.45, 2.75) is 18.9 Å². The lowest BCUT2D eigenvalue weighted by atomic mass is 10.1. The molecule has 2 aromatic heterocycles. The molecule has 0 amide bonds. The quantitative estimate of drug-likeness (QED) is 0.634. The third-order valence-electron chi connectivity index (χ3n) is 4.46. The summed E-state index contributed by atoms with van der Waals surface area (Å²) in [6, 6.07) is 6.93. The number of ether oxygens (including phenoxy) is 1. The summed E-state index contributed by atoms with van der Waals surface area (Å²) in [6.45, 7) is 0. The summed E-state index contributed by atoms with van der Waals surface area (Å²) >= 11 is 9.55. The maximum absolute atomic E-state index is 13.1. The highest BCUT2D eigenvalue weighted by Crippen LogP contribution is 2.43. The van der Waals surface area contributed by atoms with Crippen LogP contribution in [0.3, 0.4) is 0 Å². The SMILES string of the molecule is COc1ccnc([C@H](C2CC2)n2cnc3c(Br)cc(Cl)cc3c2=O)c1. The molecular formula is C18H15BrClN3O2. The first-order valence-corrected chi connectivity index (χ1v) is 9.11. The van der Waals surface area contributed by atoms with E-state index in [0.717, 1.165) is 24.3 Å². The summed E-state index contributed by atoms with van der Waals surface area (Å²) in [4.78, 5) is 22.1. The Labute approximate surface area is 157 Å². The first kappa shape index (κ1) is 16.5. The smallest absolute Gasteiger partial charge is 0.261 e. The molecule has 1 atom stereocenters. The van der Waals surface area contributed by atoms with Gasteiger partial charge < -0.3 is 4.74 Å². The van der Waals surface area contributed by atoms with Crippen LogP contribution in [0.25, 0.3) is 10.9 Å². The highest BCUT2D eigenvalue weighted by atomic mass is 79.9. The number of fused-ring (bicyclic) bond motifs is 1. The second-order valence-corrected chi connectivity index (χ2v) is 7.43. The molecule has 2 heterocycles. The zero-order chi connectivity index (χ0) is 17.6. The predicted molar refractivity (Wildman–Crippen MR) is 100 cm³/mol. The number of halogens is 2. The van der Waals surface area contributed by atoms with Gasteiger partial charge in [0.25, 0.3) is 5.56 Å². The summed E-state index contributed by atoms with van der Waals surface area (Å²) in [5, 5.41) is 0.994. The Balaban J connectivity index is 1.91. The molecule has 0 saturated heterocycles. The van der Waals surface area contributed by atoms with Crippen LogP contribution < -0.4 is 10.3 Å². The van der Waals surface area contributed by atoms with Crippen LogP contribution in [-0.4, -0.2) is 21.6 Å². The molecule has 25 heavy (non-hydrogen) atoms. The van der Waals surface area contributed by atoms with Gasteiger partial charge >= 0.3 is 0 Å². The molecule has 0 aliphatic heterocycles. The second-order valence-electron chi connectivity index (χ2n) is 6.14. The van der Waals surface area contributed by atoms with Crippen LogP contribution >= 0.6 is 27.5 Å². The molecule has 5 nitrogen and oxygen atoms in total. The predicted octanol–water partition coefficient (Wildman–Crippen LogP) is 4.22. The van der Waals surface area contributed by atoms with Gasteiger partial charge in [-0.1, -0.05) is 11.6 Å². The number of benzene rings is 1. The molecule has 0 spiro atoms. The van der Waals surface area contributed by atoms with Crippen LogP contribution in [0.1, 0.15) is 24.6 Å². The monoisotopic (exact) mass is 419 g/mol. The minimum atomic E-state index is -0.155. The Morgan fingerprint density at radius 2 is 2.12 bits per heavy atom. The Hall–Kier alpha value is -1.92. The van der Waals surface area contributed by atoms with Crippen LogP contribution in [0.5, 0.6) is 5.75 Å². The minimum absolute atomic E-state index is 0.116. The van der Waals surface area contributed by atoms with Crippen molar-refractivity contribution in [3.05, 3.63) is 62.3 Å². The molecule has 1 aromatic carbocycles. The van der Waals surface area contributed by atoms with E-state index in [0.29, 0.717) is 26.3 Å². The molecule has 0 bridgehead atoms. The lowest BCUT2D eigenvalue weighted by molar-refractivity contribution is 0.410. The van der Waals surface area contributed by atoms with Crippen LogP contribution in [0, 0.1) is 5.92 Å². The summed E-state index contributed by atoms with van der Waals surface area (Å²) in [5.74, 6) is 1.10. The van der Waals surface area contributed by atoms with Crippen molar-refractivity contribution in [1.82, 2.24) is 14.5 Å². The zero-order valence-corrected chi connectivity index (χ0v) is 15.8. The summed E-state index contributed by atoms with van der Waals surface area (Å²) in [5.41, 5.74) is 1.31. The van der Waals surface area contributed by atoms with Gasteiger partial charge in [0.15, 0.2) is 0 Å². The largest absolute Gasteiger partial charge is 0.497 e. The van der Waals surface area contributed by atoms with E-state index in [4.69, 9.17) is 16.3 Å². The van der Waals surface area contributed by atoms with Crippen LogP contribution in [-0.2, 0) is 0 Å². The molecule has 0 radical (unpaired) electrons. The van der Waals surface area contributed by atoms with Crippen molar-refractivity contribution in [1.29, 1.82) is 0 Å². The molecular weight excluding hydrogens is 406 g/mol.